The predicted octanol–water partition coefficient (Wildman–Crippen LogP) is 3.72. The number of nitrogens with zero attached hydrogens (tertiary/aromatic N) is 1. The van der Waals surface area contributed by atoms with E-state index in [0.29, 0.717) is 5.69 Å². The Labute approximate surface area is 110 Å². The number of para-hydroxylation sites is 1. The Morgan fingerprint density at radius 2 is 1.78 bits per heavy atom. The van der Waals surface area contributed by atoms with Gasteiger partial charge in [-0.2, -0.15) is 0 Å². The lowest BCUT2D eigenvalue weighted by atomic mass is 9.86. The molecule has 0 spiro atoms. The lowest BCUT2D eigenvalue weighted by molar-refractivity contribution is 0.327. The highest BCUT2D eigenvalue weighted by atomic mass is 19.1. The summed E-state index contributed by atoms with van der Waals surface area (Å²) in [7, 11) is 1.93. The van der Waals surface area contributed by atoms with E-state index in [1.807, 2.05) is 24.9 Å². The van der Waals surface area contributed by atoms with Gasteiger partial charge in [-0.15, -0.1) is 0 Å². The second-order valence-corrected chi connectivity index (χ2v) is 6.12. The third-order valence-electron chi connectivity index (χ3n) is 3.70. The first-order valence-electron chi connectivity index (χ1n) is 6.43. The Balaban J connectivity index is 3.24. The summed E-state index contributed by atoms with van der Waals surface area (Å²) in [4.78, 5) is 1.99. The van der Waals surface area contributed by atoms with Crippen molar-refractivity contribution < 1.29 is 4.39 Å². The van der Waals surface area contributed by atoms with Gasteiger partial charge in [0, 0.05) is 19.1 Å². The van der Waals surface area contributed by atoms with Gasteiger partial charge in [0.2, 0.25) is 0 Å². The molecular weight excluding hydrogens is 227 g/mol. The maximum atomic E-state index is 14.1. The summed E-state index contributed by atoms with van der Waals surface area (Å²) in [6.45, 7) is 10.5. The van der Waals surface area contributed by atoms with Crippen LogP contribution in [0, 0.1) is 11.2 Å². The molecule has 0 aromatic heterocycles. The molecule has 0 amide bonds. The molecule has 0 heterocycles. The molecule has 18 heavy (non-hydrogen) atoms. The number of anilines is 1. The first-order chi connectivity index (χ1) is 8.16. The number of rotatable bonds is 3. The zero-order chi connectivity index (χ0) is 14.1. The smallest absolute Gasteiger partial charge is 0.146 e. The van der Waals surface area contributed by atoms with Crippen molar-refractivity contribution in [2.75, 3.05) is 11.9 Å². The largest absolute Gasteiger partial charge is 0.369 e. The monoisotopic (exact) mass is 252 g/mol. The van der Waals surface area contributed by atoms with Crippen molar-refractivity contribution in [3.63, 3.8) is 0 Å². The average molecular weight is 252 g/mol. The van der Waals surface area contributed by atoms with Crippen molar-refractivity contribution in [2.45, 2.75) is 46.7 Å². The fourth-order valence-corrected chi connectivity index (χ4v) is 2.05. The number of hydrogen-bond acceptors (Lipinski definition) is 2. The van der Waals surface area contributed by atoms with Gasteiger partial charge in [-0.05, 0) is 30.9 Å². The highest BCUT2D eigenvalue weighted by Gasteiger charge is 2.27. The molecule has 2 N–H and O–H groups in total. The van der Waals surface area contributed by atoms with Crippen molar-refractivity contribution >= 4 is 5.69 Å². The Kier molecular flexibility index (Phi) is 4.38. The van der Waals surface area contributed by atoms with Crippen LogP contribution in [0.2, 0.25) is 0 Å². The molecule has 2 atom stereocenters. The molecule has 0 fully saturated rings. The van der Waals surface area contributed by atoms with Crippen LogP contribution in [-0.4, -0.2) is 13.1 Å². The van der Waals surface area contributed by atoms with Crippen LogP contribution < -0.4 is 10.6 Å². The van der Waals surface area contributed by atoms with Gasteiger partial charge >= 0.3 is 0 Å². The first-order valence-corrected chi connectivity index (χ1v) is 6.43. The molecule has 0 radical (unpaired) electrons. The van der Waals surface area contributed by atoms with Gasteiger partial charge in [0.25, 0.3) is 0 Å². The number of halogens is 1. The molecule has 0 saturated carbocycles. The van der Waals surface area contributed by atoms with Gasteiger partial charge in [0.15, 0.2) is 0 Å². The third-order valence-corrected chi connectivity index (χ3v) is 3.70. The SMILES string of the molecule is CC(N(C)c1c(F)cccc1[C@H](C)N)C(C)(C)C. The molecule has 1 rings (SSSR count). The summed E-state index contributed by atoms with van der Waals surface area (Å²) in [5.41, 5.74) is 7.49. The van der Waals surface area contributed by atoms with Crippen LogP contribution in [-0.2, 0) is 0 Å². The van der Waals surface area contributed by atoms with Gasteiger partial charge < -0.3 is 10.6 Å². The zero-order valence-corrected chi connectivity index (χ0v) is 12.3. The maximum Gasteiger partial charge on any atom is 0.146 e. The number of nitrogens with two attached hydrogens (primary N) is 1. The average Bonchev–Trinajstić information content (AvgIpc) is 2.25. The Bertz CT molecular complexity index is 407. The minimum atomic E-state index is -0.205. The normalized spacial score (nSPS) is 15.3. The molecule has 0 saturated heterocycles. The molecule has 0 aliphatic heterocycles. The molecular formula is C15H25FN2. The molecule has 102 valence electrons. The van der Waals surface area contributed by atoms with E-state index in [-0.39, 0.29) is 23.3 Å². The highest BCUT2D eigenvalue weighted by molar-refractivity contribution is 5.56. The van der Waals surface area contributed by atoms with E-state index < -0.39 is 0 Å². The molecule has 1 unspecified atom stereocenters. The predicted molar refractivity (Wildman–Crippen MR) is 76.3 cm³/mol. The molecule has 1 aromatic carbocycles. The van der Waals surface area contributed by atoms with E-state index in [9.17, 15) is 4.39 Å². The van der Waals surface area contributed by atoms with Crippen LogP contribution in [0.1, 0.15) is 46.2 Å². The van der Waals surface area contributed by atoms with E-state index in [1.54, 1.807) is 6.07 Å². The van der Waals surface area contributed by atoms with Gasteiger partial charge in [0.05, 0.1) is 5.69 Å². The van der Waals surface area contributed by atoms with Crippen molar-refractivity contribution in [1.29, 1.82) is 0 Å². The van der Waals surface area contributed by atoms with Gasteiger partial charge in [0.1, 0.15) is 5.82 Å². The molecule has 2 nitrogen and oxygen atoms in total. The molecule has 0 aliphatic carbocycles. The van der Waals surface area contributed by atoms with Crippen LogP contribution >= 0.6 is 0 Å². The summed E-state index contributed by atoms with van der Waals surface area (Å²) in [6, 6.07) is 5.15. The van der Waals surface area contributed by atoms with Crippen LogP contribution in [0.15, 0.2) is 18.2 Å². The van der Waals surface area contributed by atoms with Crippen LogP contribution in [0.5, 0.6) is 0 Å². The number of benzene rings is 1. The lowest BCUT2D eigenvalue weighted by Gasteiger charge is -2.38. The quantitative estimate of drug-likeness (QED) is 0.888. The minimum Gasteiger partial charge on any atom is -0.369 e. The minimum absolute atomic E-state index is 0.0755. The summed E-state index contributed by atoms with van der Waals surface area (Å²) in [6.07, 6.45) is 0. The summed E-state index contributed by atoms with van der Waals surface area (Å²) in [5.74, 6) is -0.205. The summed E-state index contributed by atoms with van der Waals surface area (Å²) in [5, 5.41) is 0. The Morgan fingerprint density at radius 1 is 1.22 bits per heavy atom. The summed E-state index contributed by atoms with van der Waals surface area (Å²) < 4.78 is 14.1. The van der Waals surface area contributed by atoms with E-state index in [0.717, 1.165) is 5.56 Å². The second-order valence-electron chi connectivity index (χ2n) is 6.12. The van der Waals surface area contributed by atoms with Crippen molar-refractivity contribution in [3.8, 4) is 0 Å². The molecule has 3 heteroatoms. The van der Waals surface area contributed by atoms with Gasteiger partial charge in [-0.25, -0.2) is 4.39 Å². The van der Waals surface area contributed by atoms with E-state index in [1.165, 1.54) is 6.07 Å². The standard InChI is InChI=1S/C15H25FN2/c1-10(17)12-8-7-9-13(16)14(12)18(6)11(2)15(3,4)5/h7-11H,17H2,1-6H3/t10-,11?/m0/s1. The second kappa shape index (κ2) is 5.27. The Hall–Kier alpha value is -1.09. The first kappa shape index (κ1) is 15.0. The molecule has 1 aromatic rings. The van der Waals surface area contributed by atoms with Crippen molar-refractivity contribution in [1.82, 2.24) is 0 Å². The van der Waals surface area contributed by atoms with Gasteiger partial charge in [-0.3, -0.25) is 0 Å². The van der Waals surface area contributed by atoms with Crippen molar-refractivity contribution in [3.05, 3.63) is 29.6 Å². The highest BCUT2D eigenvalue weighted by Crippen LogP contribution is 2.33. The van der Waals surface area contributed by atoms with Crippen molar-refractivity contribution in [2.24, 2.45) is 11.1 Å². The van der Waals surface area contributed by atoms with Crippen LogP contribution in [0.25, 0.3) is 0 Å². The third kappa shape index (κ3) is 3.02. The van der Waals surface area contributed by atoms with Crippen LogP contribution in [0.3, 0.4) is 0 Å². The van der Waals surface area contributed by atoms with Gasteiger partial charge in [-0.1, -0.05) is 32.9 Å². The summed E-state index contributed by atoms with van der Waals surface area (Å²) >= 11 is 0. The number of hydrogen-bond donors (Lipinski definition) is 1. The van der Waals surface area contributed by atoms with E-state index in [4.69, 9.17) is 5.73 Å². The van der Waals surface area contributed by atoms with Crippen LogP contribution in [0.4, 0.5) is 10.1 Å². The Morgan fingerprint density at radius 3 is 2.22 bits per heavy atom. The molecule has 0 aliphatic rings. The lowest BCUT2D eigenvalue weighted by Crippen LogP contribution is -2.40. The molecule has 0 bridgehead atoms. The zero-order valence-electron chi connectivity index (χ0n) is 12.3. The maximum absolute atomic E-state index is 14.1. The van der Waals surface area contributed by atoms with E-state index in [2.05, 4.69) is 27.7 Å². The fourth-order valence-electron chi connectivity index (χ4n) is 2.05. The topological polar surface area (TPSA) is 29.3 Å². The fraction of sp³-hybridized carbons (Fsp3) is 0.600. The van der Waals surface area contributed by atoms with E-state index >= 15 is 0 Å².